The zero-order chi connectivity index (χ0) is 10.4. The van der Waals surface area contributed by atoms with E-state index in [0.29, 0.717) is 12.0 Å². The van der Waals surface area contributed by atoms with Gasteiger partial charge in [-0.1, -0.05) is 27.7 Å². The van der Waals surface area contributed by atoms with Crippen molar-refractivity contribution in [3.8, 4) is 0 Å². The fraction of sp³-hybridized carbons (Fsp3) is 0.889. The normalized spacial score (nSPS) is 13.4. The van der Waals surface area contributed by atoms with Crippen LogP contribution in [0.15, 0.2) is 5.18 Å². The predicted octanol–water partition coefficient (Wildman–Crippen LogP) is 1.69. The van der Waals surface area contributed by atoms with E-state index in [-0.39, 0.29) is 12.5 Å². The van der Waals surface area contributed by atoms with Gasteiger partial charge in [-0.05, 0) is 5.92 Å². The Hall–Kier alpha value is -0.770. The van der Waals surface area contributed by atoms with E-state index < -0.39 is 5.91 Å². The molecule has 1 amide bonds. The Morgan fingerprint density at radius 2 is 1.85 bits per heavy atom. The van der Waals surface area contributed by atoms with Crippen molar-refractivity contribution in [1.82, 2.24) is 5.32 Å². The summed E-state index contributed by atoms with van der Waals surface area (Å²) in [6.45, 7) is 8.04. The molecule has 1 N–H and O–H groups in total. The van der Waals surface area contributed by atoms with E-state index in [1.165, 1.54) is 0 Å². The molecule has 4 nitrogen and oxygen atoms in total. The van der Waals surface area contributed by atoms with Crippen molar-refractivity contribution in [3.05, 3.63) is 4.91 Å². The first kappa shape index (κ1) is 12.2. The second-order valence-electron chi connectivity index (χ2n) is 3.86. The lowest BCUT2D eigenvalue weighted by Crippen LogP contribution is -2.39. The first-order valence-corrected chi connectivity index (χ1v) is 4.59. The maximum Gasteiger partial charge on any atom is 0.287 e. The second-order valence-corrected chi connectivity index (χ2v) is 3.86. The molecule has 0 radical (unpaired) electrons. The number of nitrogens with zero attached hydrogens (tertiary/aromatic N) is 1. The Bertz CT molecular complexity index is 178. The minimum Gasteiger partial charge on any atom is -0.311 e. The van der Waals surface area contributed by atoms with E-state index in [4.69, 9.17) is 0 Å². The van der Waals surface area contributed by atoms with Crippen molar-refractivity contribution in [1.29, 1.82) is 0 Å². The summed E-state index contributed by atoms with van der Waals surface area (Å²) < 4.78 is 0. The molecular formula is C9H18N2O2. The van der Waals surface area contributed by atoms with E-state index in [9.17, 15) is 9.70 Å². The van der Waals surface area contributed by atoms with Gasteiger partial charge in [-0.15, -0.1) is 4.91 Å². The van der Waals surface area contributed by atoms with Crippen LogP contribution in [0.4, 0.5) is 0 Å². The van der Waals surface area contributed by atoms with Crippen molar-refractivity contribution >= 4 is 5.91 Å². The molecular weight excluding hydrogens is 168 g/mol. The molecule has 13 heavy (non-hydrogen) atoms. The predicted molar refractivity (Wildman–Crippen MR) is 52.3 cm³/mol. The van der Waals surface area contributed by atoms with Gasteiger partial charge in [0.25, 0.3) is 5.91 Å². The van der Waals surface area contributed by atoms with Crippen molar-refractivity contribution in [3.63, 3.8) is 0 Å². The van der Waals surface area contributed by atoms with Crippen LogP contribution in [0, 0.1) is 10.8 Å². The van der Waals surface area contributed by atoms with E-state index in [1.54, 1.807) is 0 Å². The largest absolute Gasteiger partial charge is 0.311 e. The van der Waals surface area contributed by atoms with E-state index in [0.717, 1.165) is 0 Å². The van der Waals surface area contributed by atoms with Gasteiger partial charge in [0.15, 0.2) is 0 Å². The van der Waals surface area contributed by atoms with Crippen LogP contribution < -0.4 is 5.32 Å². The lowest BCUT2D eigenvalue weighted by atomic mass is 10.00. The molecule has 0 aromatic rings. The Balaban J connectivity index is 4.09. The van der Waals surface area contributed by atoms with E-state index >= 15 is 0 Å². The molecule has 0 heterocycles. The zero-order valence-electron chi connectivity index (χ0n) is 8.70. The third kappa shape index (κ3) is 5.47. The number of hydrogen-bond donors (Lipinski definition) is 1. The summed E-state index contributed by atoms with van der Waals surface area (Å²) in [5, 5.41) is 5.61. The van der Waals surface area contributed by atoms with Crippen LogP contribution in [0.3, 0.4) is 0 Å². The Morgan fingerprint density at radius 3 is 2.15 bits per heavy atom. The molecule has 0 fully saturated rings. The van der Waals surface area contributed by atoms with Gasteiger partial charge >= 0.3 is 0 Å². The average Bonchev–Trinajstić information content (AvgIpc) is 2.02. The first-order valence-electron chi connectivity index (χ1n) is 4.59. The fourth-order valence-corrected chi connectivity index (χ4v) is 1.14. The van der Waals surface area contributed by atoms with Crippen LogP contribution in [0.2, 0.25) is 0 Å². The van der Waals surface area contributed by atoms with Gasteiger partial charge in [-0.25, -0.2) is 0 Å². The highest BCUT2D eigenvalue weighted by Gasteiger charge is 2.18. The van der Waals surface area contributed by atoms with Crippen LogP contribution in [-0.4, -0.2) is 18.0 Å². The molecule has 0 aromatic heterocycles. The molecule has 0 rings (SSSR count). The molecule has 0 aliphatic carbocycles. The molecule has 4 heteroatoms. The first-order chi connectivity index (χ1) is 5.97. The van der Waals surface area contributed by atoms with Crippen LogP contribution in [0.1, 0.15) is 34.1 Å². The Labute approximate surface area is 79.1 Å². The van der Waals surface area contributed by atoms with E-state index in [2.05, 4.69) is 10.5 Å². The van der Waals surface area contributed by atoms with Gasteiger partial charge in [0.1, 0.15) is 0 Å². The van der Waals surface area contributed by atoms with Crippen LogP contribution in [0.5, 0.6) is 0 Å². The molecule has 0 aromatic carbocycles. The molecule has 0 spiro atoms. The molecule has 0 bridgehead atoms. The molecule has 0 aliphatic heterocycles. The highest BCUT2D eigenvalue weighted by atomic mass is 16.3. The van der Waals surface area contributed by atoms with Gasteiger partial charge in [0.2, 0.25) is 0 Å². The lowest BCUT2D eigenvalue weighted by molar-refractivity contribution is -0.118. The van der Waals surface area contributed by atoms with Crippen molar-refractivity contribution in [2.75, 3.05) is 0 Å². The smallest absolute Gasteiger partial charge is 0.287 e. The number of carbonyl (C=O) groups is 1. The van der Waals surface area contributed by atoms with E-state index in [1.807, 2.05) is 27.7 Å². The SMILES string of the molecule is CC(C)NC(CC(=O)N=O)C(C)C. The van der Waals surface area contributed by atoms with Crippen molar-refractivity contribution < 1.29 is 4.79 Å². The molecule has 0 saturated heterocycles. The number of amides is 1. The summed E-state index contributed by atoms with van der Waals surface area (Å²) >= 11 is 0. The van der Waals surface area contributed by atoms with Gasteiger partial charge in [0.05, 0.1) is 0 Å². The van der Waals surface area contributed by atoms with Gasteiger partial charge in [-0.3, -0.25) is 4.79 Å². The fourth-order valence-electron chi connectivity index (χ4n) is 1.14. The summed E-state index contributed by atoms with van der Waals surface area (Å²) in [4.78, 5) is 20.7. The number of carbonyl (C=O) groups excluding carboxylic acids is 1. The monoisotopic (exact) mass is 186 g/mol. The van der Waals surface area contributed by atoms with Crippen LogP contribution in [-0.2, 0) is 4.79 Å². The van der Waals surface area contributed by atoms with Gasteiger partial charge < -0.3 is 5.32 Å². The van der Waals surface area contributed by atoms with Gasteiger partial charge in [-0.2, -0.15) is 0 Å². The summed E-state index contributed by atoms with van der Waals surface area (Å²) in [5.74, 6) is -0.250. The maximum atomic E-state index is 10.8. The molecule has 1 unspecified atom stereocenters. The maximum absolute atomic E-state index is 10.8. The number of nitroso groups, excluding NO2 is 1. The number of rotatable bonds is 5. The molecule has 0 aliphatic rings. The number of hydrogen-bond acceptors (Lipinski definition) is 3. The molecule has 1 atom stereocenters. The third-order valence-electron chi connectivity index (χ3n) is 1.85. The summed E-state index contributed by atoms with van der Waals surface area (Å²) in [6.07, 6.45) is 0.194. The summed E-state index contributed by atoms with van der Waals surface area (Å²) in [5.41, 5.74) is 0. The van der Waals surface area contributed by atoms with Gasteiger partial charge in [0, 0.05) is 23.7 Å². The highest BCUT2D eigenvalue weighted by Crippen LogP contribution is 2.07. The minimum atomic E-state index is -0.577. The average molecular weight is 186 g/mol. The third-order valence-corrected chi connectivity index (χ3v) is 1.85. The molecule has 76 valence electrons. The Morgan fingerprint density at radius 1 is 1.31 bits per heavy atom. The Kier molecular flexibility index (Phi) is 5.46. The minimum absolute atomic E-state index is 0.0465. The standard InChI is InChI=1S/C9H18N2O2/c1-6(2)8(10-7(3)4)5-9(12)11-13/h6-8,10H,5H2,1-4H3. The summed E-state index contributed by atoms with van der Waals surface area (Å²) in [6, 6.07) is 0.358. The summed E-state index contributed by atoms with van der Waals surface area (Å²) in [7, 11) is 0. The second kappa shape index (κ2) is 5.80. The number of nitrogens with one attached hydrogen (secondary N) is 1. The zero-order valence-corrected chi connectivity index (χ0v) is 8.70. The van der Waals surface area contributed by atoms with Crippen molar-refractivity contribution in [2.24, 2.45) is 11.1 Å². The van der Waals surface area contributed by atoms with Crippen LogP contribution >= 0.6 is 0 Å². The highest BCUT2D eigenvalue weighted by molar-refractivity contribution is 5.77. The lowest BCUT2D eigenvalue weighted by Gasteiger charge is -2.22. The molecule has 0 saturated carbocycles. The van der Waals surface area contributed by atoms with Crippen LogP contribution in [0.25, 0.3) is 0 Å². The topological polar surface area (TPSA) is 58.5 Å². The quantitative estimate of drug-likeness (QED) is 0.665. The van der Waals surface area contributed by atoms with Crippen molar-refractivity contribution in [2.45, 2.75) is 46.2 Å².